The van der Waals surface area contributed by atoms with Crippen LogP contribution in [0, 0.1) is 17.8 Å². The van der Waals surface area contributed by atoms with Crippen molar-refractivity contribution in [3.63, 3.8) is 0 Å². The zero-order chi connectivity index (χ0) is 13.1. The SMILES string of the molecule is O[C@@H](COC[C@H]1C[C@H]2CC[C@@H]1C2)CN1CCOCC1. The molecule has 3 fully saturated rings. The average Bonchev–Trinajstić information content (AvgIpc) is 3.02. The predicted molar refractivity (Wildman–Crippen MR) is 73.0 cm³/mol. The van der Waals surface area contributed by atoms with Crippen LogP contribution >= 0.6 is 0 Å². The molecule has 0 aromatic carbocycles. The molecule has 3 rings (SSSR count). The maximum atomic E-state index is 10.00. The monoisotopic (exact) mass is 269 g/mol. The van der Waals surface area contributed by atoms with E-state index in [4.69, 9.17) is 9.47 Å². The molecular weight excluding hydrogens is 242 g/mol. The quantitative estimate of drug-likeness (QED) is 0.785. The summed E-state index contributed by atoms with van der Waals surface area (Å²) in [6.45, 7) is 5.52. The number of hydrogen-bond acceptors (Lipinski definition) is 4. The summed E-state index contributed by atoms with van der Waals surface area (Å²) in [5, 5.41) is 10.00. The first-order valence-electron chi connectivity index (χ1n) is 7.87. The summed E-state index contributed by atoms with van der Waals surface area (Å²) in [5.41, 5.74) is 0. The van der Waals surface area contributed by atoms with Crippen LogP contribution in [-0.4, -0.2) is 62.2 Å². The van der Waals surface area contributed by atoms with Gasteiger partial charge >= 0.3 is 0 Å². The van der Waals surface area contributed by atoms with E-state index in [9.17, 15) is 5.11 Å². The molecule has 4 atom stereocenters. The van der Waals surface area contributed by atoms with Crippen molar-refractivity contribution >= 4 is 0 Å². The molecule has 3 aliphatic rings. The number of rotatable bonds is 6. The van der Waals surface area contributed by atoms with Gasteiger partial charge in [0.2, 0.25) is 0 Å². The van der Waals surface area contributed by atoms with E-state index in [-0.39, 0.29) is 6.10 Å². The van der Waals surface area contributed by atoms with E-state index < -0.39 is 0 Å². The molecule has 0 radical (unpaired) electrons. The van der Waals surface area contributed by atoms with Gasteiger partial charge in [0.1, 0.15) is 0 Å². The first-order chi connectivity index (χ1) is 9.31. The summed E-state index contributed by atoms with van der Waals surface area (Å²) >= 11 is 0. The minimum absolute atomic E-state index is 0.350. The molecule has 19 heavy (non-hydrogen) atoms. The third kappa shape index (κ3) is 3.69. The fourth-order valence-electron chi connectivity index (χ4n) is 4.07. The largest absolute Gasteiger partial charge is 0.389 e. The van der Waals surface area contributed by atoms with Gasteiger partial charge in [-0.05, 0) is 37.0 Å². The van der Waals surface area contributed by atoms with Crippen molar-refractivity contribution in [3.8, 4) is 0 Å². The van der Waals surface area contributed by atoms with Crippen molar-refractivity contribution in [1.82, 2.24) is 4.90 Å². The Morgan fingerprint density at radius 3 is 2.74 bits per heavy atom. The highest BCUT2D eigenvalue weighted by molar-refractivity contribution is 4.89. The Labute approximate surface area is 116 Å². The van der Waals surface area contributed by atoms with Gasteiger partial charge < -0.3 is 14.6 Å². The molecule has 1 heterocycles. The molecule has 2 saturated carbocycles. The molecule has 0 spiro atoms. The first kappa shape index (κ1) is 13.8. The van der Waals surface area contributed by atoms with Gasteiger partial charge in [-0.2, -0.15) is 0 Å². The second-order valence-electron chi connectivity index (χ2n) is 6.54. The normalized spacial score (nSPS) is 36.8. The van der Waals surface area contributed by atoms with E-state index in [1.807, 2.05) is 0 Å². The van der Waals surface area contributed by atoms with E-state index in [0.717, 1.165) is 57.2 Å². The van der Waals surface area contributed by atoms with E-state index in [1.165, 1.54) is 25.7 Å². The summed E-state index contributed by atoms with van der Waals surface area (Å²) in [6.07, 6.45) is 5.31. The molecule has 1 N–H and O–H groups in total. The number of aliphatic hydroxyl groups is 1. The number of fused-ring (bicyclic) bond motifs is 2. The molecule has 4 nitrogen and oxygen atoms in total. The van der Waals surface area contributed by atoms with E-state index in [0.29, 0.717) is 6.61 Å². The van der Waals surface area contributed by atoms with E-state index in [2.05, 4.69) is 4.90 Å². The van der Waals surface area contributed by atoms with Crippen molar-refractivity contribution in [2.45, 2.75) is 31.8 Å². The molecule has 1 saturated heterocycles. The molecule has 0 amide bonds. The van der Waals surface area contributed by atoms with Crippen LogP contribution in [0.15, 0.2) is 0 Å². The third-order valence-corrected chi connectivity index (χ3v) is 5.10. The second-order valence-corrected chi connectivity index (χ2v) is 6.54. The van der Waals surface area contributed by atoms with Crippen LogP contribution in [-0.2, 0) is 9.47 Å². The van der Waals surface area contributed by atoms with Crippen LogP contribution in [0.2, 0.25) is 0 Å². The van der Waals surface area contributed by atoms with Crippen LogP contribution in [0.25, 0.3) is 0 Å². The fourth-order valence-corrected chi connectivity index (χ4v) is 4.07. The Bertz CT molecular complexity index is 281. The lowest BCUT2D eigenvalue weighted by Crippen LogP contribution is -2.42. The zero-order valence-corrected chi connectivity index (χ0v) is 11.8. The van der Waals surface area contributed by atoms with Crippen LogP contribution in [0.5, 0.6) is 0 Å². The van der Waals surface area contributed by atoms with E-state index in [1.54, 1.807) is 0 Å². The summed E-state index contributed by atoms with van der Waals surface area (Å²) in [6, 6.07) is 0. The minimum Gasteiger partial charge on any atom is -0.389 e. The van der Waals surface area contributed by atoms with Crippen molar-refractivity contribution in [2.24, 2.45) is 17.8 Å². The number of hydrogen-bond donors (Lipinski definition) is 1. The lowest BCUT2D eigenvalue weighted by molar-refractivity contribution is -0.0232. The lowest BCUT2D eigenvalue weighted by atomic mass is 9.90. The molecule has 4 heteroatoms. The molecular formula is C15H27NO3. The Morgan fingerprint density at radius 2 is 2.05 bits per heavy atom. The summed E-state index contributed by atoms with van der Waals surface area (Å²) in [5.74, 6) is 2.67. The maximum absolute atomic E-state index is 10.00. The highest BCUT2D eigenvalue weighted by Gasteiger charge is 2.39. The molecule has 1 aliphatic heterocycles. The van der Waals surface area contributed by atoms with E-state index >= 15 is 0 Å². The molecule has 2 aliphatic carbocycles. The van der Waals surface area contributed by atoms with Gasteiger partial charge in [0.25, 0.3) is 0 Å². The Morgan fingerprint density at radius 1 is 1.21 bits per heavy atom. The number of nitrogens with zero attached hydrogens (tertiary/aromatic N) is 1. The Balaban J connectivity index is 1.29. The van der Waals surface area contributed by atoms with Crippen LogP contribution in [0.4, 0.5) is 0 Å². The van der Waals surface area contributed by atoms with Crippen molar-refractivity contribution in [1.29, 1.82) is 0 Å². The minimum atomic E-state index is -0.350. The van der Waals surface area contributed by atoms with Crippen molar-refractivity contribution < 1.29 is 14.6 Å². The number of morpholine rings is 1. The number of ether oxygens (including phenoxy) is 2. The Hall–Kier alpha value is -0.160. The van der Waals surface area contributed by atoms with Gasteiger partial charge in [-0.3, -0.25) is 4.90 Å². The highest BCUT2D eigenvalue weighted by atomic mass is 16.5. The first-order valence-corrected chi connectivity index (χ1v) is 7.87. The smallest absolute Gasteiger partial charge is 0.0900 e. The van der Waals surface area contributed by atoms with Crippen molar-refractivity contribution in [3.05, 3.63) is 0 Å². The van der Waals surface area contributed by atoms with Gasteiger partial charge in [-0.25, -0.2) is 0 Å². The topological polar surface area (TPSA) is 41.9 Å². The van der Waals surface area contributed by atoms with Gasteiger partial charge in [-0.1, -0.05) is 6.42 Å². The lowest BCUT2D eigenvalue weighted by Gasteiger charge is -2.28. The molecule has 110 valence electrons. The molecule has 0 aromatic rings. The van der Waals surface area contributed by atoms with Gasteiger partial charge in [0, 0.05) is 26.2 Å². The predicted octanol–water partition coefficient (Wildman–Crippen LogP) is 1.13. The molecule has 0 aromatic heterocycles. The van der Waals surface area contributed by atoms with Gasteiger partial charge in [0.15, 0.2) is 0 Å². The number of β-amino-alcohol motifs (C(OH)–C–C–N with tert-alkyl or cyclic N) is 1. The van der Waals surface area contributed by atoms with Crippen LogP contribution in [0.3, 0.4) is 0 Å². The third-order valence-electron chi connectivity index (χ3n) is 5.10. The highest BCUT2D eigenvalue weighted by Crippen LogP contribution is 2.48. The molecule has 2 bridgehead atoms. The second kappa shape index (κ2) is 6.53. The maximum Gasteiger partial charge on any atom is 0.0900 e. The summed E-state index contributed by atoms with van der Waals surface area (Å²) in [4.78, 5) is 2.26. The standard InChI is InChI=1S/C15H27NO3/c17-15(9-16-3-5-18-6-4-16)11-19-10-14-8-12-1-2-13(14)7-12/h12-15,17H,1-11H2/t12-,13+,14+,15+/m0/s1. The average molecular weight is 269 g/mol. The van der Waals surface area contributed by atoms with Crippen LogP contribution < -0.4 is 0 Å². The molecule has 0 unspecified atom stereocenters. The zero-order valence-electron chi connectivity index (χ0n) is 11.8. The van der Waals surface area contributed by atoms with Gasteiger partial charge in [-0.15, -0.1) is 0 Å². The van der Waals surface area contributed by atoms with Gasteiger partial charge in [0.05, 0.1) is 25.9 Å². The van der Waals surface area contributed by atoms with Crippen molar-refractivity contribution in [2.75, 3.05) is 46.1 Å². The summed E-state index contributed by atoms with van der Waals surface area (Å²) < 4.78 is 11.1. The summed E-state index contributed by atoms with van der Waals surface area (Å²) in [7, 11) is 0. The Kier molecular flexibility index (Phi) is 4.74. The fraction of sp³-hybridized carbons (Fsp3) is 1.00. The van der Waals surface area contributed by atoms with Crippen LogP contribution in [0.1, 0.15) is 25.7 Å². The number of aliphatic hydroxyl groups excluding tert-OH is 1.